The first-order chi connectivity index (χ1) is 8.27. The molecule has 0 atom stereocenters. The molecule has 0 saturated carbocycles. The van der Waals surface area contributed by atoms with Crippen LogP contribution in [0.4, 0.5) is 8.78 Å². The van der Waals surface area contributed by atoms with E-state index >= 15 is 0 Å². The molecule has 1 rings (SSSR count). The molecule has 0 fully saturated rings. The summed E-state index contributed by atoms with van der Waals surface area (Å²) in [7, 11) is 0. The first-order valence-electron chi connectivity index (χ1n) is 5.46. The number of nitrogens with two attached hydrogens (primary N) is 1. The summed E-state index contributed by atoms with van der Waals surface area (Å²) in [5.41, 5.74) is 3.22. The van der Waals surface area contributed by atoms with E-state index in [1.54, 1.807) is 13.0 Å². The molecule has 0 aromatic heterocycles. The number of hydrazine groups is 1. The molecule has 0 aliphatic rings. The Hall–Kier alpha value is -1.69. The average Bonchev–Trinajstić information content (AvgIpc) is 2.26. The second kappa shape index (κ2) is 5.30. The Morgan fingerprint density at radius 2 is 2.06 bits per heavy atom. The highest BCUT2D eigenvalue weighted by Crippen LogP contribution is 2.27. The van der Waals surface area contributed by atoms with Crippen LogP contribution in [0.25, 0.3) is 0 Å². The molecule has 0 radical (unpaired) electrons. The molecular weight excluding hydrogens is 242 g/mol. The molecular formula is C12H16F2N2O2. The Morgan fingerprint density at radius 3 is 2.50 bits per heavy atom. The Balaban J connectivity index is 2.93. The highest BCUT2D eigenvalue weighted by atomic mass is 19.3. The molecule has 1 aromatic rings. The van der Waals surface area contributed by atoms with Crippen LogP contribution in [0.5, 0.6) is 5.75 Å². The van der Waals surface area contributed by atoms with Crippen LogP contribution in [0.15, 0.2) is 18.2 Å². The molecule has 1 aromatic carbocycles. The molecule has 0 aliphatic heterocycles. The maximum atomic E-state index is 13.2. The number of hydrogen-bond acceptors (Lipinski definition) is 3. The van der Waals surface area contributed by atoms with Crippen LogP contribution < -0.4 is 16.0 Å². The summed E-state index contributed by atoms with van der Waals surface area (Å²) in [6.45, 7) is 5.79. The van der Waals surface area contributed by atoms with Gasteiger partial charge in [0.1, 0.15) is 5.75 Å². The summed E-state index contributed by atoms with van der Waals surface area (Å²) in [4.78, 5) is 10.8. The molecule has 0 bridgehead atoms. The van der Waals surface area contributed by atoms with Crippen molar-refractivity contribution in [3.63, 3.8) is 0 Å². The number of alkyl halides is 2. The van der Waals surface area contributed by atoms with Crippen LogP contribution in [0.3, 0.4) is 0 Å². The zero-order chi connectivity index (χ0) is 13.9. The Morgan fingerprint density at radius 1 is 1.44 bits per heavy atom. The van der Waals surface area contributed by atoms with Gasteiger partial charge in [-0.3, -0.25) is 10.2 Å². The number of halogens is 2. The maximum Gasteiger partial charge on any atom is 0.483 e. The second-order valence-corrected chi connectivity index (χ2v) is 4.27. The monoisotopic (exact) mass is 258 g/mol. The van der Waals surface area contributed by atoms with E-state index in [1.807, 2.05) is 13.8 Å². The van der Waals surface area contributed by atoms with Crippen LogP contribution >= 0.6 is 0 Å². The SMILES string of the molecule is Cc1cc(OC(F)(F)C(=O)NN)ccc1C(C)C. The number of hydrogen-bond donors (Lipinski definition) is 2. The topological polar surface area (TPSA) is 64.3 Å². The van der Waals surface area contributed by atoms with Gasteiger partial charge in [0.15, 0.2) is 0 Å². The van der Waals surface area contributed by atoms with Gasteiger partial charge in [-0.25, -0.2) is 5.84 Å². The van der Waals surface area contributed by atoms with Gasteiger partial charge in [0.2, 0.25) is 0 Å². The Kier molecular flexibility index (Phi) is 4.24. The third-order valence-corrected chi connectivity index (χ3v) is 2.50. The van der Waals surface area contributed by atoms with Gasteiger partial charge in [0, 0.05) is 0 Å². The predicted molar refractivity (Wildman–Crippen MR) is 63.2 cm³/mol. The van der Waals surface area contributed by atoms with Crippen molar-refractivity contribution in [3.8, 4) is 5.75 Å². The van der Waals surface area contributed by atoms with E-state index in [1.165, 1.54) is 17.6 Å². The smallest absolute Gasteiger partial charge is 0.425 e. The molecule has 4 nitrogen and oxygen atoms in total. The van der Waals surface area contributed by atoms with Gasteiger partial charge >= 0.3 is 12.0 Å². The molecule has 18 heavy (non-hydrogen) atoms. The Labute approximate surface area is 104 Å². The average molecular weight is 258 g/mol. The largest absolute Gasteiger partial charge is 0.483 e. The summed E-state index contributed by atoms with van der Waals surface area (Å²) >= 11 is 0. The number of nitrogens with one attached hydrogen (secondary N) is 1. The van der Waals surface area contributed by atoms with Gasteiger partial charge in [-0.15, -0.1) is 0 Å². The van der Waals surface area contributed by atoms with Crippen LogP contribution in [-0.2, 0) is 4.79 Å². The second-order valence-electron chi connectivity index (χ2n) is 4.27. The van der Waals surface area contributed by atoms with Gasteiger partial charge in [-0.05, 0) is 36.1 Å². The molecule has 100 valence electrons. The molecule has 0 saturated heterocycles. The minimum absolute atomic E-state index is 0.0782. The number of benzene rings is 1. The molecule has 1 amide bonds. The highest BCUT2D eigenvalue weighted by Gasteiger charge is 2.41. The third kappa shape index (κ3) is 3.16. The van der Waals surface area contributed by atoms with Crippen molar-refractivity contribution < 1.29 is 18.3 Å². The molecule has 0 unspecified atom stereocenters. The van der Waals surface area contributed by atoms with Gasteiger partial charge in [-0.2, -0.15) is 8.78 Å². The van der Waals surface area contributed by atoms with Gasteiger partial charge in [0.25, 0.3) is 0 Å². The number of rotatable bonds is 4. The minimum atomic E-state index is -3.99. The summed E-state index contributed by atoms with van der Waals surface area (Å²) in [5.74, 6) is 3.16. The third-order valence-electron chi connectivity index (χ3n) is 2.50. The van der Waals surface area contributed by atoms with Crippen molar-refractivity contribution in [2.75, 3.05) is 0 Å². The fourth-order valence-electron chi connectivity index (χ4n) is 1.64. The number of ether oxygens (including phenoxy) is 1. The van der Waals surface area contributed by atoms with E-state index < -0.39 is 12.0 Å². The van der Waals surface area contributed by atoms with E-state index in [4.69, 9.17) is 0 Å². The van der Waals surface area contributed by atoms with Crippen LogP contribution in [0.1, 0.15) is 30.9 Å². The minimum Gasteiger partial charge on any atom is -0.425 e. The van der Waals surface area contributed by atoms with Crippen molar-refractivity contribution in [2.24, 2.45) is 5.84 Å². The molecule has 0 aliphatic carbocycles. The first kappa shape index (κ1) is 14.4. The number of carbonyl (C=O) groups excluding carboxylic acids is 1. The van der Waals surface area contributed by atoms with Crippen molar-refractivity contribution >= 4 is 5.91 Å². The van der Waals surface area contributed by atoms with Crippen LogP contribution in [0.2, 0.25) is 0 Å². The fourth-order valence-corrected chi connectivity index (χ4v) is 1.64. The van der Waals surface area contributed by atoms with E-state index in [0.717, 1.165) is 11.1 Å². The Bertz CT molecular complexity index is 448. The van der Waals surface area contributed by atoms with Gasteiger partial charge in [-0.1, -0.05) is 19.9 Å². The lowest BCUT2D eigenvalue weighted by Crippen LogP contribution is -2.47. The van der Waals surface area contributed by atoms with Crippen molar-refractivity contribution in [1.29, 1.82) is 0 Å². The fraction of sp³-hybridized carbons (Fsp3) is 0.417. The van der Waals surface area contributed by atoms with Crippen LogP contribution in [-0.4, -0.2) is 12.0 Å². The lowest BCUT2D eigenvalue weighted by Gasteiger charge is -2.17. The standard InChI is InChI=1S/C12H16F2N2O2/c1-7(2)10-5-4-9(6-8(10)3)18-12(13,14)11(17)16-15/h4-7H,15H2,1-3H3,(H,16,17). The summed E-state index contributed by atoms with van der Waals surface area (Å²) < 4.78 is 30.7. The normalized spacial score (nSPS) is 11.5. The van der Waals surface area contributed by atoms with Crippen LogP contribution in [0, 0.1) is 6.92 Å². The molecule has 0 heterocycles. The van der Waals surface area contributed by atoms with E-state index in [2.05, 4.69) is 10.6 Å². The zero-order valence-electron chi connectivity index (χ0n) is 10.5. The summed E-state index contributed by atoms with van der Waals surface area (Å²) in [6, 6.07) is 4.57. The van der Waals surface area contributed by atoms with Gasteiger partial charge in [0.05, 0.1) is 0 Å². The maximum absolute atomic E-state index is 13.2. The van der Waals surface area contributed by atoms with E-state index in [9.17, 15) is 13.6 Å². The number of aryl methyl sites for hydroxylation is 1. The lowest BCUT2D eigenvalue weighted by atomic mass is 9.98. The number of carbonyl (C=O) groups is 1. The zero-order valence-corrected chi connectivity index (χ0v) is 10.5. The molecule has 0 spiro atoms. The van der Waals surface area contributed by atoms with Crippen molar-refractivity contribution in [3.05, 3.63) is 29.3 Å². The summed E-state index contributed by atoms with van der Waals surface area (Å²) in [5, 5.41) is 0. The quantitative estimate of drug-likeness (QED) is 0.493. The lowest BCUT2D eigenvalue weighted by molar-refractivity contribution is -0.192. The van der Waals surface area contributed by atoms with Crippen molar-refractivity contribution in [1.82, 2.24) is 5.43 Å². The van der Waals surface area contributed by atoms with E-state index in [0.29, 0.717) is 0 Å². The van der Waals surface area contributed by atoms with Gasteiger partial charge < -0.3 is 4.74 Å². The highest BCUT2D eigenvalue weighted by molar-refractivity contribution is 5.81. The molecule has 6 heteroatoms. The summed E-state index contributed by atoms with van der Waals surface area (Å²) in [6.07, 6.45) is -3.99. The number of amides is 1. The first-order valence-corrected chi connectivity index (χ1v) is 5.46. The van der Waals surface area contributed by atoms with E-state index in [-0.39, 0.29) is 11.7 Å². The predicted octanol–water partition coefficient (Wildman–Crippen LogP) is 2.08. The molecule has 3 N–H and O–H groups in total. The van der Waals surface area contributed by atoms with Crippen molar-refractivity contribution in [2.45, 2.75) is 32.8 Å².